The molecule has 1 aliphatic heterocycles. The lowest BCUT2D eigenvalue weighted by Gasteiger charge is -2.40. The molecule has 1 aliphatic carbocycles. The molecule has 3 aromatic carbocycles. The van der Waals surface area contributed by atoms with Crippen LogP contribution in [0.2, 0.25) is 5.02 Å². The third-order valence-electron chi connectivity index (χ3n) is 9.44. The maximum Gasteiger partial charge on any atom is 0.245 e. The number of thioether (sulfide) groups is 1. The Balaban J connectivity index is 1.50. The lowest BCUT2D eigenvalue weighted by molar-refractivity contribution is -0.136. The van der Waals surface area contributed by atoms with Gasteiger partial charge in [-0.1, -0.05) is 29.8 Å². The number of anilines is 1. The van der Waals surface area contributed by atoms with Crippen LogP contribution in [0.3, 0.4) is 0 Å². The van der Waals surface area contributed by atoms with E-state index in [1.165, 1.54) is 6.92 Å². The van der Waals surface area contributed by atoms with E-state index in [0.29, 0.717) is 84.3 Å². The van der Waals surface area contributed by atoms with Gasteiger partial charge in [-0.2, -0.15) is 11.8 Å². The first kappa shape index (κ1) is 36.4. The van der Waals surface area contributed by atoms with Crippen molar-refractivity contribution in [1.29, 1.82) is 0 Å². The molecule has 5 rings (SSSR count). The van der Waals surface area contributed by atoms with Crippen LogP contribution in [-0.4, -0.2) is 74.3 Å². The number of nitrogens with one attached hydrogen (secondary N) is 2. The summed E-state index contributed by atoms with van der Waals surface area (Å²) in [4.78, 5) is 42.1. The lowest BCUT2D eigenvalue weighted by atomic mass is 9.84. The molecule has 2 atom stereocenters. The maximum absolute atomic E-state index is 14.0. The van der Waals surface area contributed by atoms with Crippen molar-refractivity contribution < 1.29 is 28.9 Å². The average Bonchev–Trinajstić information content (AvgIpc) is 3.33. The van der Waals surface area contributed by atoms with Gasteiger partial charge in [-0.25, -0.2) is 0 Å². The van der Waals surface area contributed by atoms with Gasteiger partial charge in [-0.15, -0.1) is 0 Å². The number of likely N-dealkylation sites (tertiary alicyclic amines) is 1. The predicted molar refractivity (Wildman–Crippen MR) is 194 cm³/mol. The number of methoxy groups -OCH3 is 3. The number of amides is 2. The van der Waals surface area contributed by atoms with Crippen LogP contribution in [0.1, 0.15) is 55.3 Å². The Bertz CT molecular complexity index is 1750. The topological polar surface area (TPSA) is 126 Å². The van der Waals surface area contributed by atoms with Crippen molar-refractivity contribution in [3.05, 3.63) is 80.5 Å². The van der Waals surface area contributed by atoms with E-state index in [-0.39, 0.29) is 22.9 Å². The summed E-state index contributed by atoms with van der Waals surface area (Å²) in [6, 6.07) is 13.1. The zero-order chi connectivity index (χ0) is 35.3. The highest BCUT2D eigenvalue weighted by atomic mass is 35.5. The zero-order valence-corrected chi connectivity index (χ0v) is 30.1. The van der Waals surface area contributed by atoms with Gasteiger partial charge < -0.3 is 34.9 Å². The van der Waals surface area contributed by atoms with Crippen molar-refractivity contribution in [3.8, 4) is 28.4 Å². The first-order valence-electron chi connectivity index (χ1n) is 16.3. The van der Waals surface area contributed by atoms with Crippen molar-refractivity contribution in [1.82, 2.24) is 10.2 Å². The smallest absolute Gasteiger partial charge is 0.245 e. The number of ether oxygens (including phenoxy) is 3. The maximum atomic E-state index is 14.0. The second-order valence-corrected chi connectivity index (χ2v) is 13.9. The summed E-state index contributed by atoms with van der Waals surface area (Å²) < 4.78 is 17.2. The summed E-state index contributed by atoms with van der Waals surface area (Å²) in [5, 5.41) is 18.3. The van der Waals surface area contributed by atoms with Crippen LogP contribution in [0.5, 0.6) is 17.2 Å². The summed E-state index contributed by atoms with van der Waals surface area (Å²) in [5.74, 6) is 1.77. The van der Waals surface area contributed by atoms with Crippen LogP contribution in [0.15, 0.2) is 53.3 Å². The Morgan fingerprint density at radius 3 is 2.35 bits per heavy atom. The van der Waals surface area contributed by atoms with Gasteiger partial charge in [0.05, 0.1) is 38.7 Å². The van der Waals surface area contributed by atoms with E-state index in [2.05, 4.69) is 10.6 Å². The molecule has 10 nitrogen and oxygen atoms in total. The van der Waals surface area contributed by atoms with Crippen LogP contribution in [0.25, 0.3) is 11.1 Å². The van der Waals surface area contributed by atoms with E-state index in [4.69, 9.17) is 25.8 Å². The first-order chi connectivity index (χ1) is 23.5. The Hall–Kier alpha value is -3.93. The molecular formula is C37H44ClN3O7S. The molecule has 0 saturated carbocycles. The number of halogens is 1. The zero-order valence-electron chi connectivity index (χ0n) is 28.6. The van der Waals surface area contributed by atoms with Gasteiger partial charge in [-0.3, -0.25) is 14.4 Å². The van der Waals surface area contributed by atoms with Gasteiger partial charge in [0.25, 0.3) is 0 Å². The molecule has 3 aromatic rings. The number of piperidine rings is 1. The Morgan fingerprint density at radius 1 is 1.04 bits per heavy atom. The normalized spacial score (nSPS) is 17.1. The van der Waals surface area contributed by atoms with Crippen molar-refractivity contribution >= 4 is 40.9 Å². The van der Waals surface area contributed by atoms with Crippen molar-refractivity contribution in [3.63, 3.8) is 0 Å². The lowest BCUT2D eigenvalue weighted by Crippen LogP contribution is -2.50. The second-order valence-electron chi connectivity index (χ2n) is 12.4. The number of fused-ring (bicyclic) bond motifs is 3. The molecule has 0 spiro atoms. The van der Waals surface area contributed by atoms with Crippen LogP contribution in [0, 0.1) is 0 Å². The molecular weight excluding hydrogens is 666 g/mol. The van der Waals surface area contributed by atoms with Gasteiger partial charge in [0.1, 0.15) is 6.04 Å². The highest BCUT2D eigenvalue weighted by Gasteiger charge is 2.37. The van der Waals surface area contributed by atoms with Crippen molar-refractivity contribution in [2.45, 2.75) is 56.7 Å². The highest BCUT2D eigenvalue weighted by molar-refractivity contribution is 7.98. The van der Waals surface area contributed by atoms with Gasteiger partial charge in [0.15, 0.2) is 11.5 Å². The Labute approximate surface area is 296 Å². The number of benzene rings is 2. The Morgan fingerprint density at radius 2 is 1.73 bits per heavy atom. The third-order valence-corrected chi connectivity index (χ3v) is 10.3. The number of carbonyl (C=O) groups excluding carboxylic acids is 2. The van der Waals surface area contributed by atoms with E-state index >= 15 is 0 Å². The molecule has 0 radical (unpaired) electrons. The SMILES string of the molecule is COc1cc2c(c(OC)c1OC)-c1ccc(N[C@H](CCSC)C(=O)N3CCC(O)(c4ccc(Cl)cc4)CC3)c(=O)cc1[C@H](NC(C)=O)CC2. The first-order valence-corrected chi connectivity index (χ1v) is 18.1. The minimum Gasteiger partial charge on any atom is -0.493 e. The molecule has 262 valence electrons. The summed E-state index contributed by atoms with van der Waals surface area (Å²) in [6.45, 7) is 2.20. The molecule has 2 aliphatic rings. The molecule has 0 aromatic heterocycles. The quantitative estimate of drug-likeness (QED) is 0.235. The number of carbonyl (C=O) groups is 2. The molecule has 1 saturated heterocycles. The van der Waals surface area contributed by atoms with Crippen LogP contribution in [0.4, 0.5) is 5.69 Å². The van der Waals surface area contributed by atoms with Gasteiger partial charge >= 0.3 is 0 Å². The van der Waals surface area contributed by atoms with Gasteiger partial charge in [0, 0.05) is 30.6 Å². The van der Waals surface area contributed by atoms with Crippen LogP contribution < -0.4 is 30.3 Å². The summed E-state index contributed by atoms with van der Waals surface area (Å²) in [6.07, 6.45) is 4.37. The number of aryl methyl sites for hydroxylation is 1. The minimum absolute atomic E-state index is 0.125. The third kappa shape index (κ3) is 7.79. The number of hydrogen-bond acceptors (Lipinski definition) is 9. The van der Waals surface area contributed by atoms with Crippen molar-refractivity contribution in [2.24, 2.45) is 0 Å². The Kier molecular flexibility index (Phi) is 11.7. The van der Waals surface area contributed by atoms with Crippen LogP contribution >= 0.6 is 23.4 Å². The fourth-order valence-corrected chi connectivity index (χ4v) is 7.47. The van der Waals surface area contributed by atoms with Gasteiger partial charge in [-0.05, 0) is 96.7 Å². The second kappa shape index (κ2) is 15.7. The van der Waals surface area contributed by atoms with E-state index in [1.807, 2.05) is 30.5 Å². The highest BCUT2D eigenvalue weighted by Crippen LogP contribution is 2.50. The minimum atomic E-state index is -1.05. The fourth-order valence-electron chi connectivity index (χ4n) is 6.87. The molecule has 12 heteroatoms. The summed E-state index contributed by atoms with van der Waals surface area (Å²) in [5.41, 5.74) is 2.71. The molecule has 0 unspecified atom stereocenters. The average molecular weight is 710 g/mol. The monoisotopic (exact) mass is 709 g/mol. The number of aliphatic hydroxyl groups is 1. The number of nitrogens with zero attached hydrogens (tertiary/aromatic N) is 1. The fraction of sp³-hybridized carbons (Fsp3) is 0.432. The summed E-state index contributed by atoms with van der Waals surface area (Å²) in [7, 11) is 4.66. The number of rotatable bonds is 11. The largest absolute Gasteiger partial charge is 0.493 e. The molecule has 1 heterocycles. The van der Waals surface area contributed by atoms with Gasteiger partial charge in [0.2, 0.25) is 23.0 Å². The van der Waals surface area contributed by atoms with E-state index in [0.717, 1.165) is 16.7 Å². The summed E-state index contributed by atoms with van der Waals surface area (Å²) >= 11 is 7.68. The van der Waals surface area contributed by atoms with E-state index < -0.39 is 17.7 Å². The molecule has 0 bridgehead atoms. The standard InChI is InChI=1S/C37H44ClN3O7S/c1-22(42)39-28-12-6-23-20-32(46-2)34(47-3)35(48-4)33(23)26-11-13-29(31(43)21-27(26)28)40-30(14-19-49-5)36(44)41-17-15-37(45,16-18-41)24-7-9-25(38)10-8-24/h7-11,13,20-21,28,30,45H,6,12,14-19H2,1-5H3,(H,39,42)(H,40,43)/t28-,30-/m1/s1. The van der Waals surface area contributed by atoms with E-state index in [1.54, 1.807) is 62.3 Å². The van der Waals surface area contributed by atoms with Crippen LogP contribution in [-0.2, 0) is 21.6 Å². The predicted octanol–water partition coefficient (Wildman–Crippen LogP) is 5.56. The van der Waals surface area contributed by atoms with E-state index in [9.17, 15) is 19.5 Å². The molecule has 3 N–H and O–H groups in total. The van der Waals surface area contributed by atoms with Crippen molar-refractivity contribution in [2.75, 3.05) is 51.7 Å². The molecule has 49 heavy (non-hydrogen) atoms. The molecule has 2 amide bonds. The number of hydrogen-bond donors (Lipinski definition) is 3. The molecule has 1 fully saturated rings.